The van der Waals surface area contributed by atoms with Gasteiger partial charge in [0.25, 0.3) is 0 Å². The predicted molar refractivity (Wildman–Crippen MR) is 154 cm³/mol. The molecule has 2 atom stereocenters. The Hall–Kier alpha value is 0.0681. The fourth-order valence-electron chi connectivity index (χ4n) is 6.88. The fraction of sp³-hybridized carbons (Fsp3) is 0.516. The van der Waals surface area contributed by atoms with Crippen LogP contribution in [0.4, 0.5) is 0 Å². The van der Waals surface area contributed by atoms with Gasteiger partial charge in [0.15, 0.2) is 0 Å². The average molecular weight is 628 g/mol. The minimum Gasteiger partial charge on any atom is -1.00 e. The van der Waals surface area contributed by atoms with Crippen molar-refractivity contribution in [1.82, 2.24) is 0 Å². The number of allylic oxidation sites excluding steroid dienone is 4. The van der Waals surface area contributed by atoms with Crippen LogP contribution in [0.3, 0.4) is 0 Å². The Bertz CT molecular complexity index is 1070. The van der Waals surface area contributed by atoms with E-state index in [1.165, 1.54) is 55.2 Å². The van der Waals surface area contributed by atoms with Crippen LogP contribution in [0.5, 0.6) is 0 Å². The molecule has 0 aliphatic heterocycles. The molecule has 0 amide bonds. The molecule has 2 aliphatic carbocycles. The summed E-state index contributed by atoms with van der Waals surface area (Å²) in [6, 6.07) is 7.77. The molecule has 0 saturated heterocycles. The maximum Gasteiger partial charge on any atom is 4.00 e. The van der Waals surface area contributed by atoms with E-state index in [2.05, 4.69) is 96.8 Å². The Morgan fingerprint density at radius 1 is 0.811 bits per heavy atom. The molecule has 202 valence electrons. The predicted octanol–water partition coefficient (Wildman–Crippen LogP) is -2.32. The van der Waals surface area contributed by atoms with E-state index in [9.17, 15) is 0 Å². The number of rotatable bonds is 5. The molecule has 1 fully saturated rings. The van der Waals surface area contributed by atoms with Crippen LogP contribution in [0.15, 0.2) is 42.5 Å². The summed E-state index contributed by atoms with van der Waals surface area (Å²) in [6.07, 6.45) is 18.2. The van der Waals surface area contributed by atoms with Gasteiger partial charge in [-0.2, -0.15) is 27.4 Å². The van der Waals surface area contributed by atoms with Crippen molar-refractivity contribution in [3.63, 3.8) is 0 Å². The summed E-state index contributed by atoms with van der Waals surface area (Å²) >= 11 is 0. The van der Waals surface area contributed by atoms with Crippen LogP contribution in [-0.4, -0.2) is 16.9 Å². The van der Waals surface area contributed by atoms with Crippen LogP contribution in [0, 0.1) is 40.5 Å². The Labute approximate surface area is 263 Å². The second-order valence-corrected chi connectivity index (χ2v) is 20.4. The molecule has 0 spiro atoms. The second-order valence-electron chi connectivity index (χ2n) is 12.2. The molecule has 0 heterocycles. The SMILES string of the molecule is Cc1cc([SiH]([c-]2c(C)c(C)c(C)c2C)C2(C3CCCCC3)C=CC=CC2)cc([Si](C)(C)C)c1.[Cl-].[Cl-].[Cl-].[Ti+4]. The first-order valence-electron chi connectivity index (χ1n) is 13.3. The molecule has 0 N–H and O–H groups in total. The van der Waals surface area contributed by atoms with Crippen molar-refractivity contribution in [2.75, 3.05) is 0 Å². The van der Waals surface area contributed by atoms with Gasteiger partial charge in [-0.3, -0.25) is 0 Å². The van der Waals surface area contributed by atoms with E-state index < -0.39 is 16.9 Å². The molecule has 0 radical (unpaired) electrons. The summed E-state index contributed by atoms with van der Waals surface area (Å²) in [5, 5.41) is 5.42. The zero-order valence-electron chi connectivity index (χ0n) is 24.1. The molecular formula is C31H45Cl3Si2Ti. The molecule has 37 heavy (non-hydrogen) atoms. The van der Waals surface area contributed by atoms with Gasteiger partial charge in [0, 0.05) is 0 Å². The van der Waals surface area contributed by atoms with Crippen LogP contribution in [0.1, 0.15) is 66.3 Å². The monoisotopic (exact) mass is 626 g/mol. The van der Waals surface area contributed by atoms with Crippen molar-refractivity contribution in [3.05, 3.63) is 70.3 Å². The third-order valence-electron chi connectivity index (χ3n) is 9.11. The molecule has 2 aliphatic rings. The molecular weight excluding hydrogens is 583 g/mol. The van der Waals surface area contributed by atoms with Crippen LogP contribution in [0.25, 0.3) is 0 Å². The summed E-state index contributed by atoms with van der Waals surface area (Å²) in [5.74, 6) is 0.814. The van der Waals surface area contributed by atoms with E-state index in [1.807, 2.05) is 0 Å². The van der Waals surface area contributed by atoms with Gasteiger partial charge in [-0.05, 0) is 37.1 Å². The van der Waals surface area contributed by atoms with E-state index >= 15 is 0 Å². The van der Waals surface area contributed by atoms with E-state index in [0.717, 1.165) is 5.92 Å². The number of halogens is 3. The van der Waals surface area contributed by atoms with Crippen molar-refractivity contribution in [3.8, 4) is 0 Å². The zero-order chi connectivity index (χ0) is 24.0. The molecule has 1 saturated carbocycles. The summed E-state index contributed by atoms with van der Waals surface area (Å²) < 4.78 is 0. The van der Waals surface area contributed by atoms with Gasteiger partial charge in [-0.15, -0.1) is 0 Å². The first-order chi connectivity index (χ1) is 15.6. The largest absolute Gasteiger partial charge is 4.00 e. The van der Waals surface area contributed by atoms with Crippen LogP contribution >= 0.6 is 0 Å². The first-order valence-corrected chi connectivity index (χ1v) is 18.5. The smallest absolute Gasteiger partial charge is 1.00 e. The van der Waals surface area contributed by atoms with Crippen molar-refractivity contribution in [1.29, 1.82) is 0 Å². The number of aryl methyl sites for hydroxylation is 1. The van der Waals surface area contributed by atoms with E-state index in [1.54, 1.807) is 26.7 Å². The standard InChI is InChI=1S/C31H45Si2.3ClH.Ti/c1-22-19-28(21-29(20-22)33(6,7)8)32(30-25(4)23(2)24(3)26(30)5)31(17-13-10-14-18-31)27-15-11-9-12-16-27;;;;/h10,13-14,17,19-21,27,32H,9,11-12,15-16,18H2,1-8H3;3*1H;/q-1;;;;+4/p-3. The maximum atomic E-state index is 2.70. The molecule has 0 nitrogen and oxygen atoms in total. The molecule has 2 aromatic rings. The average Bonchev–Trinajstić information content (AvgIpc) is 2.98. The molecule has 4 rings (SSSR count). The number of hydrogen-bond donors (Lipinski definition) is 0. The zero-order valence-corrected chi connectivity index (χ0v) is 30.1. The third kappa shape index (κ3) is 7.23. The van der Waals surface area contributed by atoms with Crippen molar-refractivity contribution < 1.29 is 58.9 Å². The summed E-state index contributed by atoms with van der Waals surface area (Å²) in [4.78, 5) is 0. The van der Waals surface area contributed by atoms with Gasteiger partial charge in [-0.25, -0.2) is 0 Å². The van der Waals surface area contributed by atoms with Gasteiger partial charge >= 0.3 is 21.7 Å². The maximum absolute atomic E-state index is 2.70. The van der Waals surface area contributed by atoms with E-state index in [-0.39, 0.29) is 58.9 Å². The van der Waals surface area contributed by atoms with Crippen molar-refractivity contribution in [2.24, 2.45) is 5.92 Å². The van der Waals surface area contributed by atoms with E-state index in [4.69, 9.17) is 0 Å². The number of hydrogen-bond acceptors (Lipinski definition) is 0. The molecule has 2 unspecified atom stereocenters. The third-order valence-corrected chi connectivity index (χ3v) is 15.5. The quantitative estimate of drug-likeness (QED) is 0.258. The van der Waals surface area contributed by atoms with E-state index in [0.29, 0.717) is 5.04 Å². The molecule has 0 bridgehead atoms. The minimum absolute atomic E-state index is 0. The Kier molecular flexibility index (Phi) is 14.7. The van der Waals surface area contributed by atoms with Crippen molar-refractivity contribution in [2.45, 2.75) is 97.8 Å². The topological polar surface area (TPSA) is 0 Å². The molecule has 2 aromatic carbocycles. The van der Waals surface area contributed by atoms with Gasteiger partial charge in [0.05, 0.1) is 16.9 Å². The fourth-order valence-corrected chi connectivity index (χ4v) is 13.4. The number of benzene rings is 1. The molecule has 6 heteroatoms. The van der Waals surface area contributed by atoms with Crippen molar-refractivity contribution >= 4 is 32.4 Å². The van der Waals surface area contributed by atoms with Gasteiger partial charge in [0.1, 0.15) is 0 Å². The normalized spacial score (nSPS) is 20.2. The summed E-state index contributed by atoms with van der Waals surface area (Å²) in [7, 11) is -2.97. The minimum atomic E-state index is -1.57. The Morgan fingerprint density at radius 3 is 1.86 bits per heavy atom. The van der Waals surface area contributed by atoms with Crippen LogP contribution < -0.4 is 52.8 Å². The first kappa shape index (κ1) is 37.1. The Balaban J connectivity index is 0.00000324. The van der Waals surface area contributed by atoms with Gasteiger partial charge in [0.2, 0.25) is 0 Å². The van der Waals surface area contributed by atoms with Crippen LogP contribution in [0.2, 0.25) is 24.7 Å². The van der Waals surface area contributed by atoms with Gasteiger partial charge in [-0.1, -0.05) is 125 Å². The second kappa shape index (κ2) is 14.6. The van der Waals surface area contributed by atoms with Crippen LogP contribution in [-0.2, 0) is 21.7 Å². The summed E-state index contributed by atoms with van der Waals surface area (Å²) in [5.41, 5.74) is 7.72. The molecule has 0 aromatic heterocycles. The summed E-state index contributed by atoms with van der Waals surface area (Å²) in [6.45, 7) is 19.4. The van der Waals surface area contributed by atoms with Gasteiger partial charge < -0.3 is 37.2 Å². The Morgan fingerprint density at radius 2 is 1.38 bits per heavy atom.